The van der Waals surface area contributed by atoms with Gasteiger partial charge in [-0.2, -0.15) is 0 Å². The van der Waals surface area contributed by atoms with E-state index in [1.807, 2.05) is 18.2 Å². The van der Waals surface area contributed by atoms with Gasteiger partial charge in [0.2, 0.25) is 0 Å². The van der Waals surface area contributed by atoms with Crippen molar-refractivity contribution in [3.63, 3.8) is 0 Å². The smallest absolute Gasteiger partial charge is 0.319 e. The lowest BCUT2D eigenvalue weighted by atomic mass is 10.1. The number of ether oxygens (including phenoxy) is 2. The zero-order valence-electron chi connectivity index (χ0n) is 13.1. The van der Waals surface area contributed by atoms with Crippen molar-refractivity contribution in [3.8, 4) is 11.5 Å². The van der Waals surface area contributed by atoms with E-state index >= 15 is 0 Å². The molecule has 3 N–H and O–H groups in total. The summed E-state index contributed by atoms with van der Waals surface area (Å²) in [5.74, 6) is 1.10. The Bertz CT molecular complexity index is 646. The fraction of sp³-hybridized carbons (Fsp3) is 0.235. The van der Waals surface area contributed by atoms with E-state index in [9.17, 15) is 9.90 Å². The number of aliphatic hydroxyl groups excluding tert-OH is 1. The van der Waals surface area contributed by atoms with Crippen molar-refractivity contribution < 1.29 is 19.4 Å². The number of nitrogens with one attached hydrogen (secondary N) is 2. The van der Waals surface area contributed by atoms with Gasteiger partial charge in [-0.05, 0) is 17.7 Å². The molecule has 0 aliphatic rings. The highest BCUT2D eigenvalue weighted by Crippen LogP contribution is 2.29. The van der Waals surface area contributed by atoms with E-state index in [1.54, 1.807) is 37.4 Å². The van der Waals surface area contributed by atoms with E-state index in [0.717, 1.165) is 5.56 Å². The Kier molecular flexibility index (Phi) is 5.82. The van der Waals surface area contributed by atoms with Crippen LogP contribution in [0.5, 0.6) is 11.5 Å². The van der Waals surface area contributed by atoms with Crippen molar-refractivity contribution in [2.75, 3.05) is 26.1 Å². The Hall–Kier alpha value is -2.73. The van der Waals surface area contributed by atoms with Crippen molar-refractivity contribution in [1.29, 1.82) is 0 Å². The quantitative estimate of drug-likeness (QED) is 0.765. The average molecular weight is 316 g/mol. The third kappa shape index (κ3) is 4.62. The summed E-state index contributed by atoms with van der Waals surface area (Å²) in [5, 5.41) is 15.3. The second-order valence-corrected chi connectivity index (χ2v) is 4.83. The topological polar surface area (TPSA) is 79.8 Å². The van der Waals surface area contributed by atoms with Gasteiger partial charge >= 0.3 is 6.03 Å². The zero-order chi connectivity index (χ0) is 16.7. The van der Waals surface area contributed by atoms with E-state index in [2.05, 4.69) is 10.6 Å². The number of methoxy groups -OCH3 is 2. The van der Waals surface area contributed by atoms with Crippen molar-refractivity contribution in [1.82, 2.24) is 5.32 Å². The van der Waals surface area contributed by atoms with Gasteiger partial charge in [0.15, 0.2) is 11.5 Å². The minimum absolute atomic E-state index is 0.114. The SMILES string of the molecule is COc1ccc(NC(=O)NC[C@H](O)c2ccccc2)cc1OC. The number of rotatable bonds is 6. The largest absolute Gasteiger partial charge is 0.493 e. The van der Waals surface area contributed by atoms with Crippen LogP contribution in [0.1, 0.15) is 11.7 Å². The van der Waals surface area contributed by atoms with Crippen LogP contribution >= 0.6 is 0 Å². The number of hydrogen-bond acceptors (Lipinski definition) is 4. The maximum atomic E-state index is 11.9. The van der Waals surface area contributed by atoms with Crippen LogP contribution in [0.15, 0.2) is 48.5 Å². The fourth-order valence-electron chi connectivity index (χ4n) is 2.07. The molecule has 0 aliphatic carbocycles. The van der Waals surface area contributed by atoms with Gasteiger partial charge in [0.1, 0.15) is 0 Å². The van der Waals surface area contributed by atoms with Crippen molar-refractivity contribution >= 4 is 11.7 Å². The van der Waals surface area contributed by atoms with E-state index in [4.69, 9.17) is 9.47 Å². The Morgan fingerprint density at radius 2 is 1.78 bits per heavy atom. The minimum Gasteiger partial charge on any atom is -0.493 e. The molecule has 2 amide bonds. The lowest BCUT2D eigenvalue weighted by Gasteiger charge is -2.14. The monoisotopic (exact) mass is 316 g/mol. The molecular formula is C17H20N2O4. The third-order valence-electron chi connectivity index (χ3n) is 3.28. The van der Waals surface area contributed by atoms with Crippen molar-refractivity contribution in [3.05, 3.63) is 54.1 Å². The van der Waals surface area contributed by atoms with E-state index in [0.29, 0.717) is 17.2 Å². The molecule has 6 heteroatoms. The summed E-state index contributed by atoms with van der Waals surface area (Å²) >= 11 is 0. The third-order valence-corrected chi connectivity index (χ3v) is 3.28. The maximum absolute atomic E-state index is 11.9. The maximum Gasteiger partial charge on any atom is 0.319 e. The number of hydrogen-bond donors (Lipinski definition) is 3. The van der Waals surface area contributed by atoms with Crippen LogP contribution in [0.25, 0.3) is 0 Å². The van der Waals surface area contributed by atoms with Crippen LogP contribution in [0.4, 0.5) is 10.5 Å². The number of aliphatic hydroxyl groups is 1. The molecule has 0 heterocycles. The highest BCUT2D eigenvalue weighted by Gasteiger charge is 2.10. The van der Waals surface area contributed by atoms with Crippen LogP contribution in [0, 0.1) is 0 Å². The summed E-state index contributed by atoms with van der Waals surface area (Å²) in [7, 11) is 3.07. The standard InChI is InChI=1S/C17H20N2O4/c1-22-15-9-8-13(10-16(15)23-2)19-17(21)18-11-14(20)12-6-4-3-5-7-12/h3-10,14,20H,11H2,1-2H3,(H2,18,19,21)/t14-/m0/s1. The van der Waals surface area contributed by atoms with E-state index < -0.39 is 12.1 Å². The number of benzene rings is 2. The van der Waals surface area contributed by atoms with E-state index in [1.165, 1.54) is 7.11 Å². The molecule has 2 aromatic rings. The number of urea groups is 1. The molecule has 0 spiro atoms. The summed E-state index contributed by atoms with van der Waals surface area (Å²) in [6.07, 6.45) is -0.757. The summed E-state index contributed by atoms with van der Waals surface area (Å²) in [6, 6.07) is 13.8. The summed E-state index contributed by atoms with van der Waals surface area (Å²) in [4.78, 5) is 11.9. The number of amides is 2. The van der Waals surface area contributed by atoms with Gasteiger partial charge in [0.25, 0.3) is 0 Å². The normalized spacial score (nSPS) is 11.4. The van der Waals surface area contributed by atoms with Gasteiger partial charge in [-0.1, -0.05) is 30.3 Å². The number of anilines is 1. The van der Waals surface area contributed by atoms with E-state index in [-0.39, 0.29) is 6.54 Å². The molecule has 23 heavy (non-hydrogen) atoms. The average Bonchev–Trinajstić information content (AvgIpc) is 2.60. The first-order chi connectivity index (χ1) is 11.1. The predicted molar refractivity (Wildman–Crippen MR) is 88.0 cm³/mol. The van der Waals surface area contributed by atoms with Gasteiger partial charge in [0.05, 0.1) is 20.3 Å². The molecule has 122 valence electrons. The highest BCUT2D eigenvalue weighted by atomic mass is 16.5. The second kappa shape index (κ2) is 8.05. The zero-order valence-corrected chi connectivity index (χ0v) is 13.1. The Morgan fingerprint density at radius 3 is 2.43 bits per heavy atom. The first-order valence-electron chi connectivity index (χ1n) is 7.14. The lowest BCUT2D eigenvalue weighted by Crippen LogP contribution is -2.32. The molecule has 2 aromatic carbocycles. The molecule has 0 radical (unpaired) electrons. The predicted octanol–water partition coefficient (Wildman–Crippen LogP) is 2.56. The molecule has 0 bridgehead atoms. The molecule has 0 aliphatic heterocycles. The molecule has 0 fully saturated rings. The van der Waals surface area contributed by atoms with Gasteiger partial charge in [-0.3, -0.25) is 0 Å². The van der Waals surface area contributed by atoms with Crippen LogP contribution in [0.2, 0.25) is 0 Å². The molecule has 6 nitrogen and oxygen atoms in total. The Morgan fingerprint density at radius 1 is 1.09 bits per heavy atom. The minimum atomic E-state index is -0.757. The van der Waals surface area contributed by atoms with Gasteiger partial charge in [0, 0.05) is 18.3 Å². The molecule has 2 rings (SSSR count). The van der Waals surface area contributed by atoms with Crippen LogP contribution in [-0.2, 0) is 0 Å². The highest BCUT2D eigenvalue weighted by molar-refractivity contribution is 5.89. The van der Waals surface area contributed by atoms with Gasteiger partial charge < -0.3 is 25.2 Å². The molecule has 0 saturated carbocycles. The number of carbonyl (C=O) groups is 1. The first-order valence-corrected chi connectivity index (χ1v) is 7.14. The summed E-state index contributed by atoms with van der Waals surface area (Å²) < 4.78 is 10.3. The van der Waals surface area contributed by atoms with Gasteiger partial charge in [-0.15, -0.1) is 0 Å². The fourth-order valence-corrected chi connectivity index (χ4v) is 2.07. The molecule has 0 saturated heterocycles. The Labute approximate surface area is 135 Å². The van der Waals surface area contributed by atoms with Gasteiger partial charge in [-0.25, -0.2) is 4.79 Å². The second-order valence-electron chi connectivity index (χ2n) is 4.83. The Balaban J connectivity index is 1.90. The van der Waals surface area contributed by atoms with Crippen LogP contribution < -0.4 is 20.1 Å². The molecule has 0 aromatic heterocycles. The van der Waals surface area contributed by atoms with Crippen molar-refractivity contribution in [2.45, 2.75) is 6.10 Å². The van der Waals surface area contributed by atoms with Crippen molar-refractivity contribution in [2.24, 2.45) is 0 Å². The summed E-state index contributed by atoms with van der Waals surface area (Å²) in [5.41, 5.74) is 1.31. The molecule has 1 atom stereocenters. The number of carbonyl (C=O) groups excluding carboxylic acids is 1. The first kappa shape index (κ1) is 16.6. The van der Waals surface area contributed by atoms with Crippen LogP contribution in [0.3, 0.4) is 0 Å². The molecular weight excluding hydrogens is 296 g/mol. The molecule has 0 unspecified atom stereocenters. The van der Waals surface area contributed by atoms with Crippen LogP contribution in [-0.4, -0.2) is 31.9 Å². The summed E-state index contributed by atoms with van der Waals surface area (Å²) in [6.45, 7) is 0.114. The lowest BCUT2D eigenvalue weighted by molar-refractivity contribution is 0.175.